The number of likely N-dealkylation sites (tertiary alicyclic amines) is 1. The zero-order valence-corrected chi connectivity index (χ0v) is 19.5. The van der Waals surface area contributed by atoms with Crippen LogP contribution in [0, 0.1) is 5.82 Å². The fraction of sp³-hybridized carbons (Fsp3) is 0.160. The van der Waals surface area contributed by atoms with Crippen LogP contribution in [0.3, 0.4) is 0 Å². The van der Waals surface area contributed by atoms with Crippen molar-refractivity contribution in [3.8, 4) is 5.75 Å². The van der Waals surface area contributed by atoms with Crippen LogP contribution in [-0.4, -0.2) is 40.3 Å². The number of methoxy groups -OCH3 is 1. The molecule has 1 N–H and O–H groups in total. The van der Waals surface area contributed by atoms with Gasteiger partial charge in [-0.15, -0.1) is 0 Å². The number of rotatable bonds is 6. The van der Waals surface area contributed by atoms with Crippen molar-refractivity contribution in [2.45, 2.75) is 12.5 Å². The molecule has 34 heavy (non-hydrogen) atoms. The molecule has 1 fully saturated rings. The number of aliphatic hydroxyl groups excluding tert-OH is 1. The Morgan fingerprint density at radius 3 is 2.56 bits per heavy atom. The van der Waals surface area contributed by atoms with Gasteiger partial charge in [-0.1, -0.05) is 41.4 Å². The number of aliphatic hydroxyl groups is 1. The van der Waals surface area contributed by atoms with Gasteiger partial charge in [0.1, 0.15) is 17.3 Å². The molecule has 1 saturated heterocycles. The highest BCUT2D eigenvalue weighted by Gasteiger charge is 2.46. The molecule has 2 heterocycles. The van der Waals surface area contributed by atoms with Crippen LogP contribution >= 0.6 is 23.2 Å². The summed E-state index contributed by atoms with van der Waals surface area (Å²) in [6.45, 7) is 0.153. The average Bonchev–Trinajstić information content (AvgIpc) is 3.08. The zero-order valence-electron chi connectivity index (χ0n) is 18.0. The summed E-state index contributed by atoms with van der Waals surface area (Å²) in [5, 5.41) is 11.6. The Kier molecular flexibility index (Phi) is 6.86. The third-order valence-electron chi connectivity index (χ3n) is 5.56. The largest absolute Gasteiger partial charge is 0.507 e. The number of ether oxygens (including phenoxy) is 1. The molecule has 3 aromatic rings. The number of pyridine rings is 1. The summed E-state index contributed by atoms with van der Waals surface area (Å²) in [6, 6.07) is 11.2. The van der Waals surface area contributed by atoms with Gasteiger partial charge < -0.3 is 14.7 Å². The number of nitrogens with zero attached hydrogens (tertiary/aromatic N) is 2. The smallest absolute Gasteiger partial charge is 0.295 e. The second kappa shape index (κ2) is 9.83. The van der Waals surface area contributed by atoms with E-state index >= 15 is 0 Å². The van der Waals surface area contributed by atoms with Crippen molar-refractivity contribution < 1.29 is 23.8 Å². The predicted octanol–water partition coefficient (Wildman–Crippen LogP) is 5.20. The molecule has 2 aromatic carbocycles. The van der Waals surface area contributed by atoms with E-state index in [4.69, 9.17) is 27.9 Å². The van der Waals surface area contributed by atoms with E-state index in [2.05, 4.69) is 4.98 Å². The Morgan fingerprint density at radius 1 is 1.18 bits per heavy atom. The van der Waals surface area contributed by atoms with E-state index < -0.39 is 23.5 Å². The molecule has 1 amide bonds. The quantitative estimate of drug-likeness (QED) is 0.285. The van der Waals surface area contributed by atoms with Gasteiger partial charge in [0.25, 0.3) is 11.7 Å². The van der Waals surface area contributed by atoms with Crippen molar-refractivity contribution in [2.75, 3.05) is 13.7 Å². The molecule has 174 valence electrons. The lowest BCUT2D eigenvalue weighted by molar-refractivity contribution is -0.139. The molecule has 6 nitrogen and oxygen atoms in total. The molecule has 9 heteroatoms. The van der Waals surface area contributed by atoms with Crippen LogP contribution in [0.15, 0.2) is 66.5 Å². The lowest BCUT2D eigenvalue weighted by Gasteiger charge is -2.25. The fourth-order valence-electron chi connectivity index (χ4n) is 3.98. The highest BCUT2D eigenvalue weighted by Crippen LogP contribution is 2.43. The van der Waals surface area contributed by atoms with E-state index in [1.165, 1.54) is 42.5 Å². The second-order valence-electron chi connectivity index (χ2n) is 7.62. The van der Waals surface area contributed by atoms with Gasteiger partial charge in [0.2, 0.25) is 0 Å². The molecule has 1 aliphatic rings. The van der Waals surface area contributed by atoms with Crippen LogP contribution in [0.4, 0.5) is 4.39 Å². The lowest BCUT2D eigenvalue weighted by Crippen LogP contribution is -2.31. The summed E-state index contributed by atoms with van der Waals surface area (Å²) < 4.78 is 18.6. The highest BCUT2D eigenvalue weighted by atomic mass is 35.5. The van der Waals surface area contributed by atoms with Crippen molar-refractivity contribution in [3.05, 3.63) is 99.1 Å². The maximum Gasteiger partial charge on any atom is 0.295 e. The monoisotopic (exact) mass is 500 g/mol. The number of amides is 1. The molecular weight excluding hydrogens is 482 g/mol. The van der Waals surface area contributed by atoms with Crippen molar-refractivity contribution in [3.63, 3.8) is 0 Å². The Hall–Kier alpha value is -3.42. The molecule has 0 radical (unpaired) electrons. The van der Waals surface area contributed by atoms with Crippen LogP contribution < -0.4 is 4.74 Å². The third kappa shape index (κ3) is 4.49. The molecule has 0 aliphatic carbocycles. The van der Waals surface area contributed by atoms with Crippen LogP contribution in [0.1, 0.15) is 22.7 Å². The molecule has 1 atom stereocenters. The van der Waals surface area contributed by atoms with E-state index in [1.54, 1.807) is 30.5 Å². The molecule has 4 rings (SSSR count). The van der Waals surface area contributed by atoms with E-state index in [9.17, 15) is 19.1 Å². The van der Waals surface area contributed by atoms with E-state index in [-0.39, 0.29) is 39.3 Å². The standard InChI is InChI=1S/C25H19Cl2FN2O4/c1-34-24-18(11-16(26)12-19(24)27)22(31)20-21(15-3-2-9-29-13-15)30(25(33)23(20)32)10-8-14-4-6-17(28)7-5-14/h2-7,9,11-13,21,31H,8,10H2,1H3/b22-20+. The van der Waals surface area contributed by atoms with Crippen LogP contribution in [0.2, 0.25) is 10.0 Å². The van der Waals surface area contributed by atoms with Crippen molar-refractivity contribution >= 4 is 40.7 Å². The van der Waals surface area contributed by atoms with Gasteiger partial charge in [0, 0.05) is 24.0 Å². The summed E-state index contributed by atoms with van der Waals surface area (Å²) in [6.07, 6.45) is 3.46. The Labute approximate surface area is 205 Å². The average molecular weight is 501 g/mol. The van der Waals surface area contributed by atoms with Gasteiger partial charge in [0.05, 0.1) is 29.3 Å². The topological polar surface area (TPSA) is 79.7 Å². The number of halogens is 3. The first-order valence-electron chi connectivity index (χ1n) is 10.3. The van der Waals surface area contributed by atoms with Crippen molar-refractivity contribution in [1.29, 1.82) is 0 Å². The molecule has 0 saturated carbocycles. The maximum absolute atomic E-state index is 13.3. The molecular formula is C25H19Cl2FN2O4. The minimum absolute atomic E-state index is 0.0884. The molecule has 1 unspecified atom stereocenters. The number of hydrogen-bond acceptors (Lipinski definition) is 5. The number of hydrogen-bond donors (Lipinski definition) is 1. The normalized spacial score (nSPS) is 17.3. The van der Waals surface area contributed by atoms with Gasteiger partial charge in [-0.25, -0.2) is 4.39 Å². The number of aromatic nitrogens is 1. The van der Waals surface area contributed by atoms with E-state index in [0.29, 0.717) is 12.0 Å². The summed E-state index contributed by atoms with van der Waals surface area (Å²) in [5.41, 5.74) is 1.28. The molecule has 0 bridgehead atoms. The van der Waals surface area contributed by atoms with Crippen molar-refractivity contribution in [1.82, 2.24) is 9.88 Å². The number of benzene rings is 2. The first kappa shape index (κ1) is 23.7. The summed E-state index contributed by atoms with van der Waals surface area (Å²) >= 11 is 12.4. The number of ketones is 1. The van der Waals surface area contributed by atoms with Gasteiger partial charge in [-0.2, -0.15) is 0 Å². The van der Waals surface area contributed by atoms with E-state index in [0.717, 1.165) is 5.56 Å². The molecule has 1 aromatic heterocycles. The minimum atomic E-state index is -0.906. The predicted molar refractivity (Wildman–Crippen MR) is 126 cm³/mol. The third-order valence-corrected chi connectivity index (χ3v) is 6.06. The van der Waals surface area contributed by atoms with Crippen LogP contribution in [-0.2, 0) is 16.0 Å². The maximum atomic E-state index is 13.3. The Balaban J connectivity index is 1.82. The lowest BCUT2D eigenvalue weighted by atomic mass is 9.96. The minimum Gasteiger partial charge on any atom is -0.507 e. The van der Waals surface area contributed by atoms with E-state index in [1.807, 2.05) is 0 Å². The summed E-state index contributed by atoms with van der Waals surface area (Å²) in [7, 11) is 1.37. The summed E-state index contributed by atoms with van der Waals surface area (Å²) in [5.74, 6) is -2.34. The van der Waals surface area contributed by atoms with Crippen LogP contribution in [0.25, 0.3) is 5.76 Å². The Bertz CT molecular complexity index is 1280. The SMILES string of the molecule is COc1c(Cl)cc(Cl)cc1/C(O)=C1\C(=O)C(=O)N(CCc2ccc(F)cc2)C1c1cccnc1. The van der Waals surface area contributed by atoms with Crippen molar-refractivity contribution in [2.24, 2.45) is 0 Å². The van der Waals surface area contributed by atoms with Gasteiger partial charge in [0.15, 0.2) is 0 Å². The van der Waals surface area contributed by atoms with Crippen LogP contribution in [0.5, 0.6) is 5.75 Å². The first-order chi connectivity index (χ1) is 16.3. The fourth-order valence-corrected chi connectivity index (χ4v) is 4.55. The number of Topliss-reactive ketones (excluding diaryl/α,β-unsaturated/α-hetero) is 1. The number of carbonyl (C=O) groups is 2. The van der Waals surface area contributed by atoms with Gasteiger partial charge >= 0.3 is 0 Å². The number of carbonyl (C=O) groups excluding carboxylic acids is 2. The first-order valence-corrected chi connectivity index (χ1v) is 11.0. The van der Waals surface area contributed by atoms with Gasteiger partial charge in [-0.05, 0) is 47.9 Å². The van der Waals surface area contributed by atoms with Gasteiger partial charge in [-0.3, -0.25) is 14.6 Å². The summed E-state index contributed by atoms with van der Waals surface area (Å²) in [4.78, 5) is 31.7. The Morgan fingerprint density at radius 2 is 1.91 bits per heavy atom. The highest BCUT2D eigenvalue weighted by molar-refractivity contribution is 6.46. The molecule has 1 aliphatic heterocycles. The molecule has 0 spiro atoms. The zero-order chi connectivity index (χ0) is 24.4. The second-order valence-corrected chi connectivity index (χ2v) is 8.47.